The fraction of sp³-hybridized carbons (Fsp3) is 0.294. The van der Waals surface area contributed by atoms with Gasteiger partial charge in [-0.05, 0) is 43.2 Å². The highest BCUT2D eigenvalue weighted by Gasteiger charge is 2.15. The lowest BCUT2D eigenvalue weighted by molar-refractivity contribution is 0.102. The number of benzene rings is 1. The number of rotatable bonds is 4. The van der Waals surface area contributed by atoms with Crippen molar-refractivity contribution in [2.75, 3.05) is 10.6 Å². The molecule has 0 bridgehead atoms. The third-order valence-electron chi connectivity index (χ3n) is 3.90. The molecule has 120 valence electrons. The number of carbonyl (C=O) groups is 1. The quantitative estimate of drug-likeness (QED) is 0.816. The molecule has 0 atom stereocenters. The summed E-state index contributed by atoms with van der Waals surface area (Å²) in [5.41, 5.74) is 1.87. The third kappa shape index (κ3) is 4.15. The molecule has 2 N–H and O–H groups in total. The van der Waals surface area contributed by atoms with Crippen LogP contribution < -0.4 is 10.6 Å². The van der Waals surface area contributed by atoms with Crippen LogP contribution in [0, 0.1) is 0 Å². The molecule has 1 aliphatic rings. The lowest BCUT2D eigenvalue weighted by Crippen LogP contribution is -2.17. The highest BCUT2D eigenvalue weighted by Crippen LogP contribution is 2.25. The summed E-state index contributed by atoms with van der Waals surface area (Å²) in [5.74, 6) is -0.279. The van der Waals surface area contributed by atoms with Crippen LogP contribution in [0.3, 0.4) is 0 Å². The van der Waals surface area contributed by atoms with E-state index in [1.807, 2.05) is 6.07 Å². The molecule has 0 spiro atoms. The lowest BCUT2D eigenvalue weighted by atomic mass is 10.2. The molecule has 1 aromatic carbocycles. The molecule has 1 aromatic heterocycles. The average Bonchev–Trinajstić information content (AvgIpc) is 3.04. The van der Waals surface area contributed by atoms with Crippen LogP contribution in [0.5, 0.6) is 0 Å². The number of hydrogen-bond donors (Lipinski definition) is 2. The standard InChI is InChI=1S/C17H17Cl2N3O/c18-14-6-5-12(9-15(14)19)22-17(23)16-10-13(7-8-20-16)21-11-3-1-2-4-11/h5-11H,1-4H2,(H,20,21)(H,22,23). The van der Waals surface area contributed by atoms with Crippen molar-refractivity contribution in [1.82, 2.24) is 4.98 Å². The first-order valence-corrected chi connectivity index (χ1v) is 8.36. The molecule has 0 unspecified atom stereocenters. The molecular formula is C17H17Cl2N3O. The van der Waals surface area contributed by atoms with Gasteiger partial charge in [-0.15, -0.1) is 0 Å². The van der Waals surface area contributed by atoms with Gasteiger partial charge >= 0.3 is 0 Å². The molecule has 6 heteroatoms. The smallest absolute Gasteiger partial charge is 0.274 e. The summed E-state index contributed by atoms with van der Waals surface area (Å²) in [6, 6.07) is 9.10. The van der Waals surface area contributed by atoms with E-state index >= 15 is 0 Å². The van der Waals surface area contributed by atoms with E-state index in [-0.39, 0.29) is 5.91 Å². The number of nitrogens with zero attached hydrogens (tertiary/aromatic N) is 1. The van der Waals surface area contributed by atoms with E-state index in [1.165, 1.54) is 25.7 Å². The second-order valence-electron chi connectivity index (χ2n) is 5.64. The largest absolute Gasteiger partial charge is 0.382 e. The molecule has 1 saturated carbocycles. The van der Waals surface area contributed by atoms with Crippen molar-refractivity contribution in [1.29, 1.82) is 0 Å². The summed E-state index contributed by atoms with van der Waals surface area (Å²) in [6.07, 6.45) is 6.50. The summed E-state index contributed by atoms with van der Waals surface area (Å²) < 4.78 is 0. The summed E-state index contributed by atoms with van der Waals surface area (Å²) in [4.78, 5) is 16.5. The van der Waals surface area contributed by atoms with Gasteiger partial charge in [-0.3, -0.25) is 9.78 Å². The molecule has 1 heterocycles. The van der Waals surface area contributed by atoms with Crippen molar-refractivity contribution >= 4 is 40.5 Å². The Morgan fingerprint density at radius 2 is 1.83 bits per heavy atom. The van der Waals surface area contributed by atoms with Crippen molar-refractivity contribution in [2.45, 2.75) is 31.7 Å². The van der Waals surface area contributed by atoms with Gasteiger partial charge < -0.3 is 10.6 Å². The Labute approximate surface area is 145 Å². The molecule has 1 amide bonds. The van der Waals surface area contributed by atoms with Gasteiger partial charge in [-0.2, -0.15) is 0 Å². The Morgan fingerprint density at radius 1 is 1.04 bits per heavy atom. The number of halogens is 2. The molecule has 23 heavy (non-hydrogen) atoms. The molecule has 4 nitrogen and oxygen atoms in total. The number of amides is 1. The molecule has 1 aliphatic carbocycles. The van der Waals surface area contributed by atoms with Crippen LogP contribution in [0.2, 0.25) is 10.0 Å². The van der Waals surface area contributed by atoms with E-state index in [9.17, 15) is 4.79 Å². The number of nitrogens with one attached hydrogen (secondary N) is 2. The van der Waals surface area contributed by atoms with Gasteiger partial charge in [-0.25, -0.2) is 0 Å². The molecule has 2 aromatic rings. The van der Waals surface area contributed by atoms with E-state index in [2.05, 4.69) is 15.6 Å². The Hall–Kier alpha value is -1.78. The van der Waals surface area contributed by atoms with Gasteiger partial charge in [0.05, 0.1) is 10.0 Å². The Morgan fingerprint density at radius 3 is 2.57 bits per heavy atom. The van der Waals surface area contributed by atoms with Crippen LogP contribution in [0.25, 0.3) is 0 Å². The van der Waals surface area contributed by atoms with Gasteiger partial charge in [0.25, 0.3) is 5.91 Å². The molecule has 0 radical (unpaired) electrons. The Balaban J connectivity index is 1.70. The first-order chi connectivity index (χ1) is 11.1. The highest BCUT2D eigenvalue weighted by molar-refractivity contribution is 6.42. The van der Waals surface area contributed by atoms with E-state index in [1.54, 1.807) is 30.5 Å². The maximum Gasteiger partial charge on any atom is 0.274 e. The van der Waals surface area contributed by atoms with E-state index in [0.717, 1.165) is 5.69 Å². The molecule has 0 aliphatic heterocycles. The van der Waals surface area contributed by atoms with Crippen LogP contribution in [0.4, 0.5) is 11.4 Å². The van der Waals surface area contributed by atoms with Gasteiger partial charge in [0.2, 0.25) is 0 Å². The van der Waals surface area contributed by atoms with Crippen LogP contribution >= 0.6 is 23.2 Å². The van der Waals surface area contributed by atoms with Gasteiger partial charge in [0.15, 0.2) is 0 Å². The zero-order valence-corrected chi connectivity index (χ0v) is 14.0. The van der Waals surface area contributed by atoms with Crippen molar-refractivity contribution in [3.63, 3.8) is 0 Å². The minimum atomic E-state index is -0.279. The van der Waals surface area contributed by atoms with Crippen LogP contribution in [-0.2, 0) is 0 Å². The normalized spacial score (nSPS) is 14.7. The Kier molecular flexibility index (Phi) is 5.03. The first kappa shape index (κ1) is 16.1. The van der Waals surface area contributed by atoms with Gasteiger partial charge in [0.1, 0.15) is 5.69 Å². The second kappa shape index (κ2) is 7.20. The highest BCUT2D eigenvalue weighted by atomic mass is 35.5. The summed E-state index contributed by atoms with van der Waals surface area (Å²) in [5, 5.41) is 7.08. The predicted octanol–water partition coefficient (Wildman–Crippen LogP) is 5.00. The van der Waals surface area contributed by atoms with Crippen molar-refractivity contribution < 1.29 is 4.79 Å². The maximum atomic E-state index is 12.3. The second-order valence-corrected chi connectivity index (χ2v) is 6.45. The number of carbonyl (C=O) groups excluding carboxylic acids is 1. The molecular weight excluding hydrogens is 333 g/mol. The maximum absolute atomic E-state index is 12.3. The van der Waals surface area contributed by atoms with Gasteiger partial charge in [-0.1, -0.05) is 36.0 Å². The number of pyridine rings is 1. The summed E-state index contributed by atoms with van der Waals surface area (Å²) in [7, 11) is 0. The predicted molar refractivity (Wildman–Crippen MR) is 94.5 cm³/mol. The average molecular weight is 350 g/mol. The lowest BCUT2D eigenvalue weighted by Gasteiger charge is -2.14. The zero-order valence-electron chi connectivity index (χ0n) is 12.5. The van der Waals surface area contributed by atoms with Crippen LogP contribution in [0.1, 0.15) is 36.2 Å². The van der Waals surface area contributed by atoms with Crippen molar-refractivity contribution in [3.05, 3.63) is 52.3 Å². The van der Waals surface area contributed by atoms with E-state index in [0.29, 0.717) is 27.5 Å². The number of anilines is 2. The molecule has 1 fully saturated rings. The number of aromatic nitrogens is 1. The van der Waals surface area contributed by atoms with Gasteiger partial charge in [0, 0.05) is 23.6 Å². The van der Waals surface area contributed by atoms with Crippen LogP contribution in [0.15, 0.2) is 36.5 Å². The van der Waals surface area contributed by atoms with Crippen LogP contribution in [-0.4, -0.2) is 16.9 Å². The van der Waals surface area contributed by atoms with E-state index < -0.39 is 0 Å². The summed E-state index contributed by atoms with van der Waals surface area (Å²) in [6.45, 7) is 0. The first-order valence-electron chi connectivity index (χ1n) is 7.61. The topological polar surface area (TPSA) is 54.0 Å². The zero-order chi connectivity index (χ0) is 16.2. The molecule has 0 saturated heterocycles. The molecule has 3 rings (SSSR count). The Bertz CT molecular complexity index is 715. The minimum Gasteiger partial charge on any atom is -0.382 e. The fourth-order valence-electron chi connectivity index (χ4n) is 2.72. The number of hydrogen-bond acceptors (Lipinski definition) is 3. The minimum absolute atomic E-state index is 0.279. The summed E-state index contributed by atoms with van der Waals surface area (Å²) >= 11 is 11.8. The van der Waals surface area contributed by atoms with E-state index in [4.69, 9.17) is 23.2 Å². The fourth-order valence-corrected chi connectivity index (χ4v) is 3.02. The third-order valence-corrected chi connectivity index (χ3v) is 4.64. The van der Waals surface area contributed by atoms with Crippen molar-refractivity contribution in [3.8, 4) is 0 Å². The SMILES string of the molecule is O=C(Nc1ccc(Cl)c(Cl)c1)c1cc(NC2CCCC2)ccn1. The van der Waals surface area contributed by atoms with Crippen molar-refractivity contribution in [2.24, 2.45) is 0 Å². The monoisotopic (exact) mass is 349 g/mol.